The van der Waals surface area contributed by atoms with Crippen LogP contribution in [-0.2, 0) is 0 Å². The highest BCUT2D eigenvalue weighted by Crippen LogP contribution is 2.25. The molecule has 0 atom stereocenters. The number of hydrogen-bond acceptors (Lipinski definition) is 3. The number of nitrogens with one attached hydrogen (secondary N) is 1. The maximum absolute atomic E-state index is 12.1. The average Bonchev–Trinajstić information content (AvgIpc) is 2.00. The second kappa shape index (κ2) is 2.80. The van der Waals surface area contributed by atoms with Gasteiger partial charge in [-0.3, -0.25) is 4.79 Å². The Hall–Kier alpha value is -1.59. The molecule has 6 heteroatoms. The summed E-state index contributed by atoms with van der Waals surface area (Å²) in [5.74, 6) is 0. The second-order valence-electron chi connectivity index (χ2n) is 2.20. The molecule has 0 fully saturated rings. The Kier molecular flexibility index (Phi) is 1.99. The first-order chi connectivity index (χ1) is 5.54. The zero-order valence-electron chi connectivity index (χ0n) is 5.97. The summed E-state index contributed by atoms with van der Waals surface area (Å²) in [4.78, 5) is 12.8. The van der Waals surface area contributed by atoms with E-state index in [-0.39, 0.29) is 11.4 Å². The molecule has 1 aromatic rings. The summed E-state index contributed by atoms with van der Waals surface area (Å²) in [6.07, 6.45) is -1.87. The SMILES string of the molecule is Nc1c(C(F)F)c[nH]c(=O)c1N. The van der Waals surface area contributed by atoms with Crippen molar-refractivity contribution in [2.45, 2.75) is 6.43 Å². The van der Waals surface area contributed by atoms with Gasteiger partial charge in [-0.1, -0.05) is 0 Å². The van der Waals surface area contributed by atoms with Crippen LogP contribution in [0, 0.1) is 0 Å². The Bertz CT molecular complexity index is 347. The van der Waals surface area contributed by atoms with Gasteiger partial charge in [0.1, 0.15) is 5.69 Å². The highest BCUT2D eigenvalue weighted by molar-refractivity contribution is 5.65. The maximum atomic E-state index is 12.1. The third-order valence-corrected chi connectivity index (χ3v) is 1.44. The molecular weight excluding hydrogens is 168 g/mol. The lowest BCUT2D eigenvalue weighted by Crippen LogP contribution is -2.15. The number of alkyl halides is 2. The van der Waals surface area contributed by atoms with E-state index in [0.717, 1.165) is 6.20 Å². The molecule has 4 nitrogen and oxygen atoms in total. The van der Waals surface area contributed by atoms with Crippen molar-refractivity contribution in [3.63, 3.8) is 0 Å². The maximum Gasteiger partial charge on any atom is 0.273 e. The normalized spacial score (nSPS) is 10.6. The zero-order valence-corrected chi connectivity index (χ0v) is 5.97. The monoisotopic (exact) mass is 175 g/mol. The lowest BCUT2D eigenvalue weighted by Gasteiger charge is -2.04. The van der Waals surface area contributed by atoms with Gasteiger partial charge in [0.05, 0.1) is 11.3 Å². The summed E-state index contributed by atoms with van der Waals surface area (Å²) in [6.45, 7) is 0. The highest BCUT2D eigenvalue weighted by Gasteiger charge is 2.14. The summed E-state index contributed by atoms with van der Waals surface area (Å²) in [6, 6.07) is 0. The molecule has 66 valence electrons. The summed E-state index contributed by atoms with van der Waals surface area (Å²) in [7, 11) is 0. The average molecular weight is 175 g/mol. The minimum Gasteiger partial charge on any atom is -0.396 e. The van der Waals surface area contributed by atoms with Crippen LogP contribution in [0.3, 0.4) is 0 Å². The van der Waals surface area contributed by atoms with Crippen molar-refractivity contribution in [2.75, 3.05) is 11.5 Å². The molecule has 0 unspecified atom stereocenters. The molecule has 0 aliphatic carbocycles. The molecule has 0 aromatic carbocycles. The molecule has 0 spiro atoms. The molecule has 12 heavy (non-hydrogen) atoms. The minimum absolute atomic E-state index is 0.353. The van der Waals surface area contributed by atoms with Gasteiger partial charge >= 0.3 is 0 Å². The van der Waals surface area contributed by atoms with Crippen molar-refractivity contribution in [2.24, 2.45) is 0 Å². The first-order valence-electron chi connectivity index (χ1n) is 3.08. The lowest BCUT2D eigenvalue weighted by molar-refractivity contribution is 0.152. The van der Waals surface area contributed by atoms with Crippen LogP contribution in [0.2, 0.25) is 0 Å². The minimum atomic E-state index is -2.73. The Labute approximate surface area is 66.2 Å². The number of halogens is 2. The van der Waals surface area contributed by atoms with E-state index in [4.69, 9.17) is 11.5 Å². The molecule has 0 aliphatic rings. The van der Waals surface area contributed by atoms with Gasteiger partial charge in [-0.15, -0.1) is 0 Å². The number of pyridine rings is 1. The van der Waals surface area contributed by atoms with E-state index in [2.05, 4.69) is 0 Å². The van der Waals surface area contributed by atoms with Crippen molar-refractivity contribution in [3.8, 4) is 0 Å². The smallest absolute Gasteiger partial charge is 0.273 e. The van der Waals surface area contributed by atoms with E-state index in [1.807, 2.05) is 4.98 Å². The van der Waals surface area contributed by atoms with Crippen LogP contribution in [0.5, 0.6) is 0 Å². The Morgan fingerprint density at radius 3 is 2.42 bits per heavy atom. The molecule has 1 aromatic heterocycles. The van der Waals surface area contributed by atoms with Crippen LogP contribution in [0.25, 0.3) is 0 Å². The van der Waals surface area contributed by atoms with E-state index in [1.54, 1.807) is 0 Å². The van der Waals surface area contributed by atoms with Gasteiger partial charge in [0, 0.05) is 6.20 Å². The Balaban J connectivity index is 3.36. The third-order valence-electron chi connectivity index (χ3n) is 1.44. The number of nitrogen functional groups attached to an aromatic ring is 2. The van der Waals surface area contributed by atoms with Crippen LogP contribution in [-0.4, -0.2) is 4.98 Å². The molecule has 1 rings (SSSR count). The van der Waals surface area contributed by atoms with Crippen LogP contribution in [0.1, 0.15) is 12.0 Å². The molecule has 0 amide bonds. The second-order valence-corrected chi connectivity index (χ2v) is 2.20. The van der Waals surface area contributed by atoms with E-state index in [9.17, 15) is 13.6 Å². The number of aromatic amines is 1. The van der Waals surface area contributed by atoms with Gasteiger partial charge in [0.25, 0.3) is 12.0 Å². The summed E-state index contributed by atoms with van der Waals surface area (Å²) >= 11 is 0. The number of aromatic nitrogens is 1. The van der Waals surface area contributed by atoms with Gasteiger partial charge in [-0.05, 0) is 0 Å². The lowest BCUT2D eigenvalue weighted by atomic mass is 10.2. The number of H-pyrrole nitrogens is 1. The molecule has 0 bridgehead atoms. The number of hydrogen-bond donors (Lipinski definition) is 3. The van der Waals surface area contributed by atoms with Crippen molar-refractivity contribution in [3.05, 3.63) is 22.1 Å². The Morgan fingerprint density at radius 2 is 1.92 bits per heavy atom. The van der Waals surface area contributed by atoms with Crippen molar-refractivity contribution < 1.29 is 8.78 Å². The van der Waals surface area contributed by atoms with Crippen LogP contribution in [0.15, 0.2) is 11.0 Å². The fourth-order valence-electron chi connectivity index (χ4n) is 0.757. The van der Waals surface area contributed by atoms with Crippen molar-refractivity contribution in [1.82, 2.24) is 4.98 Å². The summed E-state index contributed by atoms with van der Waals surface area (Å²) in [5.41, 5.74) is 8.45. The Morgan fingerprint density at radius 1 is 1.33 bits per heavy atom. The molecular formula is C6H7F2N3O. The molecule has 5 N–H and O–H groups in total. The van der Waals surface area contributed by atoms with E-state index < -0.39 is 17.5 Å². The van der Waals surface area contributed by atoms with Crippen LogP contribution < -0.4 is 17.0 Å². The van der Waals surface area contributed by atoms with Gasteiger partial charge in [-0.25, -0.2) is 8.78 Å². The highest BCUT2D eigenvalue weighted by atomic mass is 19.3. The number of nitrogens with two attached hydrogens (primary N) is 2. The molecule has 1 heterocycles. The van der Waals surface area contributed by atoms with Crippen LogP contribution in [0.4, 0.5) is 20.2 Å². The van der Waals surface area contributed by atoms with E-state index in [1.165, 1.54) is 0 Å². The van der Waals surface area contributed by atoms with E-state index >= 15 is 0 Å². The molecule has 0 saturated heterocycles. The van der Waals surface area contributed by atoms with Crippen molar-refractivity contribution in [1.29, 1.82) is 0 Å². The zero-order chi connectivity index (χ0) is 9.30. The van der Waals surface area contributed by atoms with Crippen LogP contribution >= 0.6 is 0 Å². The summed E-state index contributed by atoms with van der Waals surface area (Å²) < 4.78 is 24.2. The quantitative estimate of drug-likeness (QED) is 0.580. The summed E-state index contributed by atoms with van der Waals surface area (Å²) in [5, 5.41) is 0. The largest absolute Gasteiger partial charge is 0.396 e. The van der Waals surface area contributed by atoms with Gasteiger partial charge in [0.15, 0.2) is 0 Å². The molecule has 0 aliphatic heterocycles. The molecule has 0 saturated carbocycles. The molecule has 0 radical (unpaired) electrons. The number of rotatable bonds is 1. The standard InChI is InChI=1S/C6H7F2N3O/c7-5(8)2-1-11-6(12)4(10)3(2)9/h1,5H,10H2,(H3,9,11,12). The van der Waals surface area contributed by atoms with Gasteiger partial charge in [-0.2, -0.15) is 0 Å². The third kappa shape index (κ3) is 1.23. The van der Waals surface area contributed by atoms with Gasteiger partial charge < -0.3 is 16.5 Å². The van der Waals surface area contributed by atoms with Crippen molar-refractivity contribution >= 4 is 11.4 Å². The first-order valence-corrected chi connectivity index (χ1v) is 3.08. The number of anilines is 2. The fraction of sp³-hybridized carbons (Fsp3) is 0.167. The predicted molar refractivity (Wildman–Crippen MR) is 40.8 cm³/mol. The van der Waals surface area contributed by atoms with E-state index in [0.29, 0.717) is 0 Å². The first kappa shape index (κ1) is 8.51. The fourth-order valence-corrected chi connectivity index (χ4v) is 0.757. The predicted octanol–water partition coefficient (Wildman–Crippen LogP) is 0.477. The topological polar surface area (TPSA) is 84.9 Å². The van der Waals surface area contributed by atoms with Gasteiger partial charge in [0.2, 0.25) is 0 Å².